The Morgan fingerprint density at radius 2 is 2.03 bits per heavy atom. The van der Waals surface area contributed by atoms with Gasteiger partial charge in [-0.15, -0.1) is 5.10 Å². The second-order valence-electron chi connectivity index (χ2n) is 7.72. The number of rotatable bonds is 5. The summed E-state index contributed by atoms with van der Waals surface area (Å²) in [5.41, 5.74) is 4.87. The maximum absolute atomic E-state index is 5.45. The second kappa shape index (κ2) is 9.37. The summed E-state index contributed by atoms with van der Waals surface area (Å²) in [5.74, 6) is 0.335. The number of nitrogens with zero attached hydrogens (tertiary/aromatic N) is 5. The van der Waals surface area contributed by atoms with Gasteiger partial charge in [-0.1, -0.05) is 36.4 Å². The Labute approximate surface area is 173 Å². The van der Waals surface area contributed by atoms with Crippen LogP contribution in [0.3, 0.4) is 0 Å². The molecule has 1 aromatic carbocycles. The molecule has 0 spiro atoms. The summed E-state index contributed by atoms with van der Waals surface area (Å²) in [7, 11) is 0. The quantitative estimate of drug-likeness (QED) is 0.781. The van der Waals surface area contributed by atoms with Gasteiger partial charge in [0.15, 0.2) is 0 Å². The van der Waals surface area contributed by atoms with E-state index in [-0.39, 0.29) is 0 Å². The van der Waals surface area contributed by atoms with Crippen molar-refractivity contribution in [3.63, 3.8) is 0 Å². The van der Waals surface area contributed by atoms with Crippen LogP contribution in [-0.4, -0.2) is 65.8 Å². The van der Waals surface area contributed by atoms with Gasteiger partial charge in [0.25, 0.3) is 0 Å². The van der Waals surface area contributed by atoms with Crippen LogP contribution in [-0.2, 0) is 11.2 Å². The van der Waals surface area contributed by atoms with Crippen LogP contribution < -0.4 is 4.90 Å². The molecule has 0 N–H and O–H groups in total. The second-order valence-corrected chi connectivity index (χ2v) is 7.72. The molecule has 6 heteroatoms. The van der Waals surface area contributed by atoms with Crippen molar-refractivity contribution in [1.29, 1.82) is 0 Å². The standard InChI is InChI=1S/C23H31N5O/c1-3-27-11-6-4-5-7-19(2)22-17-20(8-9-23(22)27)28-21(18-24-25-28)10-12-26-13-15-29-16-14-26/h4-9,17-19H,3,10-16H2,1-2H3/b6-4-,7-5-. The Kier molecular flexibility index (Phi) is 6.42. The molecule has 1 unspecified atom stereocenters. The van der Waals surface area contributed by atoms with Crippen LogP contribution in [0, 0.1) is 0 Å². The zero-order chi connectivity index (χ0) is 20.1. The lowest BCUT2D eigenvalue weighted by molar-refractivity contribution is 0.0383. The normalized spacial score (nSPS) is 22.4. The van der Waals surface area contributed by atoms with Gasteiger partial charge in [-0.2, -0.15) is 0 Å². The van der Waals surface area contributed by atoms with Gasteiger partial charge < -0.3 is 9.64 Å². The fourth-order valence-electron chi connectivity index (χ4n) is 4.07. The first-order valence-corrected chi connectivity index (χ1v) is 10.7. The maximum atomic E-state index is 5.45. The molecule has 3 heterocycles. The summed E-state index contributed by atoms with van der Waals surface area (Å²) < 4.78 is 7.45. The number of likely N-dealkylation sites (N-methyl/N-ethyl adjacent to an activating group) is 1. The Morgan fingerprint density at radius 3 is 2.86 bits per heavy atom. The number of ether oxygens (including phenoxy) is 1. The van der Waals surface area contributed by atoms with Crippen molar-refractivity contribution in [3.05, 3.63) is 60.0 Å². The lowest BCUT2D eigenvalue weighted by atomic mass is 9.97. The molecule has 2 aliphatic heterocycles. The minimum atomic E-state index is 0.335. The number of allylic oxidation sites excluding steroid dienone is 3. The van der Waals surface area contributed by atoms with E-state index in [1.165, 1.54) is 11.3 Å². The fraction of sp³-hybridized carbons (Fsp3) is 0.478. The van der Waals surface area contributed by atoms with Crippen molar-refractivity contribution in [2.45, 2.75) is 26.2 Å². The van der Waals surface area contributed by atoms with Gasteiger partial charge in [-0.25, -0.2) is 4.68 Å². The van der Waals surface area contributed by atoms with Crippen molar-refractivity contribution < 1.29 is 4.74 Å². The highest BCUT2D eigenvalue weighted by molar-refractivity contribution is 5.60. The molecule has 1 atom stereocenters. The number of morpholine rings is 1. The first-order valence-electron chi connectivity index (χ1n) is 10.7. The zero-order valence-electron chi connectivity index (χ0n) is 17.5. The van der Waals surface area contributed by atoms with Crippen LogP contribution in [0.1, 0.15) is 31.0 Å². The third kappa shape index (κ3) is 4.60. The summed E-state index contributed by atoms with van der Waals surface area (Å²) in [4.78, 5) is 4.86. The van der Waals surface area contributed by atoms with Crippen molar-refractivity contribution >= 4 is 5.69 Å². The molecule has 1 aromatic heterocycles. The summed E-state index contributed by atoms with van der Waals surface area (Å²) in [6.07, 6.45) is 11.6. The molecule has 0 amide bonds. The number of anilines is 1. The van der Waals surface area contributed by atoms with Crippen molar-refractivity contribution in [2.75, 3.05) is 50.8 Å². The van der Waals surface area contributed by atoms with Crippen LogP contribution in [0.15, 0.2) is 48.7 Å². The van der Waals surface area contributed by atoms with E-state index in [2.05, 4.69) is 76.5 Å². The van der Waals surface area contributed by atoms with E-state index < -0.39 is 0 Å². The number of hydrogen-bond donors (Lipinski definition) is 0. The smallest absolute Gasteiger partial charge is 0.0730 e. The van der Waals surface area contributed by atoms with Crippen LogP contribution in [0.5, 0.6) is 0 Å². The minimum absolute atomic E-state index is 0.335. The molecule has 0 saturated carbocycles. The first-order chi connectivity index (χ1) is 14.3. The molecule has 1 fully saturated rings. The zero-order valence-corrected chi connectivity index (χ0v) is 17.5. The molecule has 4 rings (SSSR count). The van der Waals surface area contributed by atoms with Crippen molar-refractivity contribution in [2.24, 2.45) is 0 Å². The molecule has 2 aromatic rings. The SMILES string of the molecule is CCN1C/C=C\C=C/C(C)c2cc(-n3nncc3CCN3CCOCC3)ccc21. The predicted octanol–water partition coefficient (Wildman–Crippen LogP) is 3.20. The molecule has 0 radical (unpaired) electrons. The van der Waals surface area contributed by atoms with Crippen LogP contribution in [0.2, 0.25) is 0 Å². The average molecular weight is 394 g/mol. The summed E-state index contributed by atoms with van der Waals surface area (Å²) in [6.45, 7) is 11.1. The van der Waals surface area contributed by atoms with Crippen LogP contribution in [0.25, 0.3) is 5.69 Å². The Bertz CT molecular complexity index is 866. The summed E-state index contributed by atoms with van der Waals surface area (Å²) in [5, 5.41) is 8.61. The van der Waals surface area contributed by atoms with E-state index in [1.54, 1.807) is 0 Å². The van der Waals surface area contributed by atoms with Gasteiger partial charge >= 0.3 is 0 Å². The molecule has 154 valence electrons. The first kappa shape index (κ1) is 19.9. The van der Waals surface area contributed by atoms with E-state index >= 15 is 0 Å². The van der Waals surface area contributed by atoms with Crippen molar-refractivity contribution in [3.8, 4) is 5.69 Å². The summed E-state index contributed by atoms with van der Waals surface area (Å²) in [6, 6.07) is 6.70. The summed E-state index contributed by atoms with van der Waals surface area (Å²) >= 11 is 0. The average Bonchev–Trinajstić information content (AvgIpc) is 3.25. The maximum Gasteiger partial charge on any atom is 0.0730 e. The largest absolute Gasteiger partial charge is 0.379 e. The predicted molar refractivity (Wildman–Crippen MR) is 117 cm³/mol. The monoisotopic (exact) mass is 393 g/mol. The minimum Gasteiger partial charge on any atom is -0.379 e. The van der Waals surface area contributed by atoms with E-state index in [0.717, 1.165) is 63.7 Å². The number of aromatic nitrogens is 3. The molecule has 2 aliphatic rings. The van der Waals surface area contributed by atoms with E-state index in [9.17, 15) is 0 Å². The van der Waals surface area contributed by atoms with E-state index in [4.69, 9.17) is 4.74 Å². The van der Waals surface area contributed by atoms with Gasteiger partial charge in [0.05, 0.1) is 30.8 Å². The fourth-order valence-corrected chi connectivity index (χ4v) is 4.07. The van der Waals surface area contributed by atoms with Gasteiger partial charge in [0, 0.05) is 50.7 Å². The number of fused-ring (bicyclic) bond motifs is 1. The van der Waals surface area contributed by atoms with Crippen LogP contribution in [0.4, 0.5) is 5.69 Å². The third-order valence-electron chi connectivity index (χ3n) is 5.85. The molecule has 1 saturated heterocycles. The van der Waals surface area contributed by atoms with Gasteiger partial charge in [-0.05, 0) is 30.7 Å². The third-order valence-corrected chi connectivity index (χ3v) is 5.85. The van der Waals surface area contributed by atoms with Crippen LogP contribution >= 0.6 is 0 Å². The van der Waals surface area contributed by atoms with Crippen molar-refractivity contribution in [1.82, 2.24) is 19.9 Å². The molecule has 0 aliphatic carbocycles. The number of hydrogen-bond acceptors (Lipinski definition) is 5. The number of benzene rings is 1. The molecule has 29 heavy (non-hydrogen) atoms. The van der Waals surface area contributed by atoms with Gasteiger partial charge in [-0.3, -0.25) is 4.90 Å². The van der Waals surface area contributed by atoms with E-state index in [1.807, 2.05) is 10.9 Å². The molecule has 0 bridgehead atoms. The molecular weight excluding hydrogens is 362 g/mol. The lowest BCUT2D eigenvalue weighted by Crippen LogP contribution is -2.37. The van der Waals surface area contributed by atoms with Gasteiger partial charge in [0.2, 0.25) is 0 Å². The van der Waals surface area contributed by atoms with Gasteiger partial charge in [0.1, 0.15) is 0 Å². The molecular formula is C23H31N5O. The highest BCUT2D eigenvalue weighted by Crippen LogP contribution is 2.32. The van der Waals surface area contributed by atoms with E-state index in [0.29, 0.717) is 5.92 Å². The highest BCUT2D eigenvalue weighted by Gasteiger charge is 2.17. The Hall–Kier alpha value is -2.44. The molecule has 6 nitrogen and oxygen atoms in total. The lowest BCUT2D eigenvalue weighted by Gasteiger charge is -2.27. The topological polar surface area (TPSA) is 46.4 Å². The highest BCUT2D eigenvalue weighted by atomic mass is 16.5. The Balaban J connectivity index is 1.60. The Morgan fingerprint density at radius 1 is 1.17 bits per heavy atom.